The second kappa shape index (κ2) is 15.7. The lowest BCUT2D eigenvalue weighted by atomic mass is 10.0. The molecule has 0 spiro atoms. The van der Waals surface area contributed by atoms with Gasteiger partial charge in [-0.2, -0.15) is 0 Å². The van der Waals surface area contributed by atoms with Crippen LogP contribution in [0.25, 0.3) is 0 Å². The zero-order chi connectivity index (χ0) is 27.4. The van der Waals surface area contributed by atoms with Gasteiger partial charge >= 0.3 is 23.9 Å². The average molecular weight is 635 g/mol. The van der Waals surface area contributed by atoms with Crippen LogP contribution in [0.1, 0.15) is 5.56 Å². The molecule has 1 fully saturated rings. The number of halogens is 1. The van der Waals surface area contributed by atoms with E-state index in [1.807, 2.05) is 47.1 Å². The van der Waals surface area contributed by atoms with E-state index in [4.69, 9.17) is 0 Å². The molecule has 1 aliphatic heterocycles. The number of nitrogens with zero attached hydrogens (tertiary/aromatic N) is 4. The van der Waals surface area contributed by atoms with Crippen molar-refractivity contribution < 1.29 is 39.6 Å². The lowest BCUT2D eigenvalue weighted by molar-refractivity contribution is -0.142. The average Bonchev–Trinajstić information content (AvgIpc) is 2.81. The number of anilines is 1. The largest absolute Gasteiger partial charge is 0.480 e. The number of rotatable bonds is 11. The Morgan fingerprint density at radius 3 is 1.59 bits per heavy atom. The monoisotopic (exact) mass is 635 g/mol. The molecule has 1 aliphatic rings. The molecule has 0 amide bonds. The van der Waals surface area contributed by atoms with E-state index in [1.54, 1.807) is 19.6 Å². The molecule has 14 heteroatoms. The Morgan fingerprint density at radius 2 is 1.14 bits per heavy atom. The van der Waals surface area contributed by atoms with Gasteiger partial charge in [0.2, 0.25) is 0 Å². The number of carboxylic acids is 4. The number of hydrogen-bond acceptors (Lipinski definition) is 9. The van der Waals surface area contributed by atoms with Crippen molar-refractivity contribution in [1.82, 2.24) is 19.6 Å². The minimum atomic E-state index is -1.04. The Bertz CT molecular complexity index is 919. The van der Waals surface area contributed by atoms with Crippen LogP contribution in [-0.2, 0) is 25.6 Å². The first kappa shape index (κ1) is 30.7. The van der Waals surface area contributed by atoms with Gasteiger partial charge in [0.15, 0.2) is 0 Å². The number of carboxylic acid groups (broad SMARTS) is 4. The van der Waals surface area contributed by atoms with Crippen molar-refractivity contribution in [3.8, 4) is 0 Å². The number of aliphatic carboxylic acids is 4. The van der Waals surface area contributed by atoms with Crippen LogP contribution >= 0.6 is 22.9 Å². The van der Waals surface area contributed by atoms with E-state index in [9.17, 15) is 39.6 Å². The predicted molar refractivity (Wildman–Crippen MR) is 143 cm³/mol. The first-order valence-electron chi connectivity index (χ1n) is 11.8. The first-order chi connectivity index (χ1) is 17.5. The molecule has 1 unspecified atom stereocenters. The van der Waals surface area contributed by atoms with Gasteiger partial charge in [0, 0.05) is 57.5 Å². The van der Waals surface area contributed by atoms with E-state index >= 15 is 0 Å². The van der Waals surface area contributed by atoms with Gasteiger partial charge in [0.1, 0.15) is 0 Å². The lowest BCUT2D eigenvalue weighted by Gasteiger charge is -2.37. The molecule has 1 saturated heterocycles. The molecule has 37 heavy (non-hydrogen) atoms. The quantitative estimate of drug-likeness (QED) is 0.162. The first-order valence-corrected chi connectivity index (χ1v) is 12.9. The SMILES string of the molecule is O=C(O)CN1CCN(CC(=O)O)CCN(CC(=O)O)C(Cc2ccc(NI)cc2)CN(CC(=O)O)CC1. The second-order valence-electron chi connectivity index (χ2n) is 8.98. The van der Waals surface area contributed by atoms with Crippen LogP contribution in [0, 0.1) is 0 Å². The Kier molecular flexibility index (Phi) is 13.0. The Hall–Kier alpha value is -2.53. The van der Waals surface area contributed by atoms with E-state index in [0.29, 0.717) is 6.42 Å². The van der Waals surface area contributed by atoms with Crippen molar-refractivity contribution in [1.29, 1.82) is 0 Å². The van der Waals surface area contributed by atoms with Gasteiger partial charge in [-0.3, -0.25) is 38.8 Å². The van der Waals surface area contributed by atoms with Crippen molar-refractivity contribution in [3.63, 3.8) is 0 Å². The lowest BCUT2D eigenvalue weighted by Crippen LogP contribution is -2.53. The molecule has 1 aromatic rings. The van der Waals surface area contributed by atoms with Gasteiger partial charge < -0.3 is 24.0 Å². The highest BCUT2D eigenvalue weighted by Crippen LogP contribution is 2.16. The summed E-state index contributed by atoms with van der Waals surface area (Å²) in [5.41, 5.74) is 1.84. The number of nitrogens with one attached hydrogen (secondary N) is 1. The Balaban J connectivity index is 2.39. The normalized spacial score (nSPS) is 19.4. The van der Waals surface area contributed by atoms with Gasteiger partial charge in [-0.1, -0.05) is 12.1 Å². The number of hydrogen-bond donors (Lipinski definition) is 5. The minimum Gasteiger partial charge on any atom is -0.480 e. The third-order valence-corrected chi connectivity index (χ3v) is 6.73. The predicted octanol–water partition coefficient (Wildman–Crippen LogP) is -0.0804. The molecule has 206 valence electrons. The smallest absolute Gasteiger partial charge is 0.317 e. The molecular formula is C23H34IN5O8. The van der Waals surface area contributed by atoms with Crippen LogP contribution in [0.5, 0.6) is 0 Å². The van der Waals surface area contributed by atoms with Crippen LogP contribution in [0.4, 0.5) is 5.69 Å². The molecule has 0 radical (unpaired) electrons. The molecule has 0 bridgehead atoms. The van der Waals surface area contributed by atoms with Crippen molar-refractivity contribution in [2.45, 2.75) is 12.5 Å². The Morgan fingerprint density at radius 1 is 0.703 bits per heavy atom. The van der Waals surface area contributed by atoms with E-state index in [0.717, 1.165) is 11.3 Å². The van der Waals surface area contributed by atoms with E-state index < -0.39 is 23.9 Å². The molecule has 1 heterocycles. The van der Waals surface area contributed by atoms with Gasteiger partial charge in [-0.05, 0) is 24.1 Å². The summed E-state index contributed by atoms with van der Waals surface area (Å²) in [5.74, 6) is -4.14. The zero-order valence-electron chi connectivity index (χ0n) is 20.5. The van der Waals surface area contributed by atoms with E-state index in [1.165, 1.54) is 0 Å². The number of carbonyl (C=O) groups is 4. The molecule has 13 nitrogen and oxygen atoms in total. The third kappa shape index (κ3) is 12.0. The fourth-order valence-corrected chi connectivity index (χ4v) is 4.69. The zero-order valence-corrected chi connectivity index (χ0v) is 22.6. The van der Waals surface area contributed by atoms with Crippen LogP contribution < -0.4 is 3.53 Å². The molecular weight excluding hydrogens is 601 g/mol. The van der Waals surface area contributed by atoms with E-state index in [-0.39, 0.29) is 78.0 Å². The maximum absolute atomic E-state index is 11.8. The van der Waals surface area contributed by atoms with Gasteiger partial charge in [-0.15, -0.1) is 0 Å². The fourth-order valence-electron chi connectivity index (χ4n) is 4.33. The van der Waals surface area contributed by atoms with Crippen molar-refractivity contribution in [3.05, 3.63) is 29.8 Å². The van der Waals surface area contributed by atoms with Gasteiger partial charge in [-0.25, -0.2) is 0 Å². The summed E-state index contributed by atoms with van der Waals surface area (Å²) in [7, 11) is 0. The summed E-state index contributed by atoms with van der Waals surface area (Å²) in [6.45, 7) is 0.740. The van der Waals surface area contributed by atoms with Gasteiger partial charge in [0.25, 0.3) is 0 Å². The highest BCUT2D eigenvalue weighted by molar-refractivity contribution is 14.1. The molecule has 1 atom stereocenters. The van der Waals surface area contributed by atoms with Crippen molar-refractivity contribution >= 4 is 52.4 Å². The molecule has 1 aromatic carbocycles. The molecule has 0 saturated carbocycles. The molecule has 0 aliphatic carbocycles. The van der Waals surface area contributed by atoms with Gasteiger partial charge in [0.05, 0.1) is 49.0 Å². The minimum absolute atomic E-state index is 0.242. The van der Waals surface area contributed by atoms with Crippen molar-refractivity contribution in [2.75, 3.05) is 75.5 Å². The van der Waals surface area contributed by atoms with Crippen molar-refractivity contribution in [2.24, 2.45) is 0 Å². The second-order valence-corrected chi connectivity index (χ2v) is 9.52. The molecule has 5 N–H and O–H groups in total. The fraction of sp³-hybridized carbons (Fsp3) is 0.565. The summed E-state index contributed by atoms with van der Waals surface area (Å²) in [6, 6.07) is 7.25. The summed E-state index contributed by atoms with van der Waals surface area (Å²) in [5, 5.41) is 37.8. The van der Waals surface area contributed by atoms with E-state index in [2.05, 4.69) is 3.53 Å². The molecule has 2 rings (SSSR count). The summed E-state index contributed by atoms with van der Waals surface area (Å²) >= 11 is 2.02. The third-order valence-electron chi connectivity index (χ3n) is 6.10. The maximum atomic E-state index is 11.8. The highest BCUT2D eigenvalue weighted by Gasteiger charge is 2.27. The number of benzene rings is 1. The Labute approximate surface area is 229 Å². The highest BCUT2D eigenvalue weighted by atomic mass is 127. The summed E-state index contributed by atoms with van der Waals surface area (Å²) < 4.78 is 3.01. The summed E-state index contributed by atoms with van der Waals surface area (Å²) in [6.07, 6.45) is 0.447. The van der Waals surface area contributed by atoms with Crippen LogP contribution in [0.15, 0.2) is 24.3 Å². The maximum Gasteiger partial charge on any atom is 0.317 e. The standard InChI is InChI=1S/C23H34IN5O8/c24-25-18-3-1-17(2-4-18)11-19-12-28(15-22(34)35)8-7-26(13-20(30)31)5-6-27(14-21(32)33)9-10-29(19)16-23(36)37/h1-4,19,25H,5-16H2,(H,30,31)(H,32,33)(H,34,35)(H,36,37). The van der Waals surface area contributed by atoms with Crippen LogP contribution in [-0.4, -0.2) is 142 Å². The molecule has 0 aromatic heterocycles. The topological polar surface area (TPSA) is 174 Å². The summed E-state index contributed by atoms with van der Waals surface area (Å²) in [4.78, 5) is 53.0. The van der Waals surface area contributed by atoms with Crippen LogP contribution in [0.2, 0.25) is 0 Å². The van der Waals surface area contributed by atoms with Crippen LogP contribution in [0.3, 0.4) is 0 Å².